The minimum Gasteiger partial charge on any atom is -0.341 e. The lowest BCUT2D eigenvalue weighted by Gasteiger charge is -2.24. The van der Waals surface area contributed by atoms with E-state index in [1.807, 2.05) is 64.4 Å². The third-order valence-electron chi connectivity index (χ3n) is 5.63. The molecule has 0 saturated carbocycles. The van der Waals surface area contributed by atoms with Crippen LogP contribution in [0.3, 0.4) is 0 Å². The lowest BCUT2D eigenvalue weighted by atomic mass is 10.0. The molecular formula is C23H27N3O2. The fraction of sp³-hybridized carbons (Fsp3) is 0.391. The van der Waals surface area contributed by atoms with E-state index in [9.17, 15) is 9.59 Å². The molecule has 1 N–H and O–H groups in total. The van der Waals surface area contributed by atoms with Gasteiger partial charge < -0.3 is 9.80 Å². The van der Waals surface area contributed by atoms with Crippen LogP contribution in [0.2, 0.25) is 0 Å². The number of rotatable bonds is 6. The monoisotopic (exact) mass is 377 g/mol. The summed E-state index contributed by atoms with van der Waals surface area (Å²) in [5, 5.41) is 3.46. The van der Waals surface area contributed by atoms with Crippen LogP contribution in [0.5, 0.6) is 0 Å². The summed E-state index contributed by atoms with van der Waals surface area (Å²) in [6, 6.07) is 17.7. The summed E-state index contributed by atoms with van der Waals surface area (Å²) in [6.07, 6.45) is 3.74. The van der Waals surface area contributed by atoms with Crippen molar-refractivity contribution in [1.29, 1.82) is 0 Å². The van der Waals surface area contributed by atoms with E-state index in [0.717, 1.165) is 55.7 Å². The molecule has 1 unspecified atom stereocenters. The molecule has 0 bridgehead atoms. The van der Waals surface area contributed by atoms with Gasteiger partial charge in [0.15, 0.2) is 0 Å². The lowest BCUT2D eigenvalue weighted by molar-refractivity contribution is -0.132. The average Bonchev–Trinajstić information content (AvgIpc) is 3.41. The highest BCUT2D eigenvalue weighted by Gasteiger charge is 2.27. The van der Waals surface area contributed by atoms with E-state index in [-0.39, 0.29) is 17.9 Å². The van der Waals surface area contributed by atoms with Crippen molar-refractivity contribution in [3.63, 3.8) is 0 Å². The molecule has 2 aromatic rings. The molecule has 2 saturated heterocycles. The quantitative estimate of drug-likeness (QED) is 0.841. The molecule has 2 aliphatic heterocycles. The maximum atomic E-state index is 13.1. The van der Waals surface area contributed by atoms with Crippen molar-refractivity contribution in [3.05, 3.63) is 65.7 Å². The van der Waals surface area contributed by atoms with Crippen LogP contribution in [0.25, 0.3) is 0 Å². The van der Waals surface area contributed by atoms with Crippen molar-refractivity contribution in [2.75, 3.05) is 24.5 Å². The molecular weight excluding hydrogens is 350 g/mol. The predicted octanol–water partition coefficient (Wildman–Crippen LogP) is 3.27. The fourth-order valence-corrected chi connectivity index (χ4v) is 4.05. The summed E-state index contributed by atoms with van der Waals surface area (Å²) in [5.74, 6) is 0.356. The summed E-state index contributed by atoms with van der Waals surface area (Å²) in [6.45, 7) is 3.11. The number of likely N-dealkylation sites (tertiary alicyclic amines) is 1. The van der Waals surface area contributed by atoms with Gasteiger partial charge in [-0.25, -0.2) is 0 Å². The maximum Gasteiger partial charge on any atom is 0.244 e. The van der Waals surface area contributed by atoms with E-state index in [4.69, 9.17) is 0 Å². The largest absolute Gasteiger partial charge is 0.341 e. The molecule has 5 nitrogen and oxygen atoms in total. The van der Waals surface area contributed by atoms with Crippen molar-refractivity contribution in [2.45, 2.75) is 38.3 Å². The van der Waals surface area contributed by atoms with Gasteiger partial charge in [0.1, 0.15) is 6.04 Å². The first kappa shape index (κ1) is 18.7. The second kappa shape index (κ2) is 8.57. The second-order valence-corrected chi connectivity index (χ2v) is 7.57. The number of anilines is 1. The van der Waals surface area contributed by atoms with E-state index < -0.39 is 0 Å². The number of nitrogens with zero attached hydrogens (tertiary/aromatic N) is 2. The number of benzene rings is 2. The number of hydrogen-bond acceptors (Lipinski definition) is 3. The first-order chi connectivity index (χ1) is 13.7. The van der Waals surface area contributed by atoms with Crippen LogP contribution < -0.4 is 10.2 Å². The van der Waals surface area contributed by atoms with Crippen molar-refractivity contribution < 1.29 is 9.59 Å². The normalized spacial score (nSPS) is 17.9. The van der Waals surface area contributed by atoms with Crippen LogP contribution in [0.1, 0.15) is 42.9 Å². The van der Waals surface area contributed by atoms with Crippen LogP contribution in [-0.4, -0.2) is 36.3 Å². The number of hydrogen-bond donors (Lipinski definition) is 1. The summed E-state index contributed by atoms with van der Waals surface area (Å²) < 4.78 is 0. The van der Waals surface area contributed by atoms with Crippen LogP contribution in [-0.2, 0) is 16.1 Å². The van der Waals surface area contributed by atoms with Crippen molar-refractivity contribution >= 4 is 17.5 Å². The van der Waals surface area contributed by atoms with Crippen molar-refractivity contribution in [3.8, 4) is 0 Å². The molecule has 0 spiro atoms. The minimum absolute atomic E-state index is 0.156. The first-order valence-electron chi connectivity index (χ1n) is 10.2. The predicted molar refractivity (Wildman–Crippen MR) is 110 cm³/mol. The Labute approximate surface area is 166 Å². The standard InChI is InChI=1S/C23H27N3O2/c27-21-9-6-16-26(21)20-12-10-18(11-13-20)17-24-22(19-7-2-1-3-8-19)23(28)25-14-4-5-15-25/h1-3,7-8,10-13,22,24H,4-6,9,14-17H2. The number of amides is 2. The molecule has 0 aliphatic carbocycles. The zero-order chi connectivity index (χ0) is 19.3. The molecule has 2 heterocycles. The van der Waals surface area contributed by atoms with Crippen LogP contribution in [0.15, 0.2) is 54.6 Å². The second-order valence-electron chi connectivity index (χ2n) is 7.57. The third-order valence-corrected chi connectivity index (χ3v) is 5.63. The summed E-state index contributed by atoms with van der Waals surface area (Å²) in [5.41, 5.74) is 3.06. The van der Waals surface area contributed by atoms with Gasteiger partial charge in [0.25, 0.3) is 0 Å². The number of nitrogens with one attached hydrogen (secondary N) is 1. The maximum absolute atomic E-state index is 13.1. The van der Waals surface area contributed by atoms with Gasteiger partial charge in [0.2, 0.25) is 11.8 Å². The molecule has 0 aromatic heterocycles. The van der Waals surface area contributed by atoms with Crippen LogP contribution in [0, 0.1) is 0 Å². The first-order valence-corrected chi connectivity index (χ1v) is 10.2. The van der Waals surface area contributed by atoms with E-state index in [0.29, 0.717) is 13.0 Å². The van der Waals surface area contributed by atoms with Gasteiger partial charge in [-0.3, -0.25) is 14.9 Å². The van der Waals surface area contributed by atoms with Gasteiger partial charge in [-0.05, 0) is 42.5 Å². The number of carbonyl (C=O) groups is 2. The highest BCUT2D eigenvalue weighted by molar-refractivity contribution is 5.95. The van der Waals surface area contributed by atoms with Gasteiger partial charge in [0, 0.05) is 38.3 Å². The Morgan fingerprint density at radius 1 is 0.929 bits per heavy atom. The van der Waals surface area contributed by atoms with Gasteiger partial charge in [0.05, 0.1) is 0 Å². The molecule has 5 heteroatoms. The highest BCUT2D eigenvalue weighted by atomic mass is 16.2. The van der Waals surface area contributed by atoms with E-state index in [1.165, 1.54) is 0 Å². The molecule has 1 atom stereocenters. The molecule has 0 radical (unpaired) electrons. The molecule has 2 aliphatic rings. The summed E-state index contributed by atoms with van der Waals surface area (Å²) in [7, 11) is 0. The zero-order valence-corrected chi connectivity index (χ0v) is 16.1. The molecule has 28 heavy (non-hydrogen) atoms. The Kier molecular flexibility index (Phi) is 5.72. The van der Waals surface area contributed by atoms with Gasteiger partial charge in [-0.1, -0.05) is 42.5 Å². The minimum atomic E-state index is -0.334. The lowest BCUT2D eigenvalue weighted by Crippen LogP contribution is -2.39. The number of carbonyl (C=O) groups excluding carboxylic acids is 2. The smallest absolute Gasteiger partial charge is 0.244 e. The van der Waals surface area contributed by atoms with Gasteiger partial charge in [-0.2, -0.15) is 0 Å². The summed E-state index contributed by atoms with van der Waals surface area (Å²) >= 11 is 0. The van der Waals surface area contributed by atoms with Gasteiger partial charge >= 0.3 is 0 Å². The van der Waals surface area contributed by atoms with Crippen LogP contribution in [0.4, 0.5) is 5.69 Å². The average molecular weight is 377 g/mol. The third kappa shape index (κ3) is 4.09. The Hall–Kier alpha value is -2.66. The van der Waals surface area contributed by atoms with Gasteiger partial charge in [-0.15, -0.1) is 0 Å². The van der Waals surface area contributed by atoms with Crippen LogP contribution >= 0.6 is 0 Å². The Balaban J connectivity index is 1.45. The van der Waals surface area contributed by atoms with Crippen molar-refractivity contribution in [2.24, 2.45) is 0 Å². The molecule has 2 fully saturated rings. The Morgan fingerprint density at radius 2 is 1.64 bits per heavy atom. The molecule has 2 aromatic carbocycles. The molecule has 4 rings (SSSR count). The zero-order valence-electron chi connectivity index (χ0n) is 16.1. The SMILES string of the molecule is O=C(C(NCc1ccc(N2CCCC2=O)cc1)c1ccccc1)N1CCCC1. The Bertz CT molecular complexity index is 814. The van der Waals surface area contributed by atoms with E-state index >= 15 is 0 Å². The molecule has 146 valence electrons. The molecule has 2 amide bonds. The topological polar surface area (TPSA) is 52.7 Å². The summed E-state index contributed by atoms with van der Waals surface area (Å²) in [4.78, 5) is 28.8. The van der Waals surface area contributed by atoms with Crippen molar-refractivity contribution in [1.82, 2.24) is 10.2 Å². The van der Waals surface area contributed by atoms with E-state index in [2.05, 4.69) is 5.32 Å². The fourth-order valence-electron chi connectivity index (χ4n) is 4.05. The Morgan fingerprint density at radius 3 is 2.29 bits per heavy atom. The van der Waals surface area contributed by atoms with E-state index in [1.54, 1.807) is 0 Å². The highest BCUT2D eigenvalue weighted by Crippen LogP contribution is 2.23.